The number of carbonyl (C=O) groups excluding carboxylic acids is 1. The number of hydrogen-bond donors (Lipinski definition) is 2. The summed E-state index contributed by atoms with van der Waals surface area (Å²) in [6.45, 7) is 3.30. The number of amides is 1. The second kappa shape index (κ2) is 4.34. The van der Waals surface area contributed by atoms with Gasteiger partial charge in [-0.05, 0) is 25.5 Å². The lowest BCUT2D eigenvalue weighted by molar-refractivity contribution is -0.386. The zero-order valence-corrected chi connectivity index (χ0v) is 10.4. The summed E-state index contributed by atoms with van der Waals surface area (Å²) < 4.78 is 0. The van der Waals surface area contributed by atoms with Gasteiger partial charge in [0.1, 0.15) is 0 Å². The van der Waals surface area contributed by atoms with Crippen molar-refractivity contribution >= 4 is 23.3 Å². The number of aryl methyl sites for hydroxylation is 1. The number of aliphatic carboxylic acids is 1. The van der Waals surface area contributed by atoms with E-state index < -0.39 is 29.1 Å². The molecule has 2 N–H and O–H groups in total. The first-order valence-corrected chi connectivity index (χ1v) is 5.64. The van der Waals surface area contributed by atoms with Crippen LogP contribution in [0, 0.1) is 24.0 Å². The van der Waals surface area contributed by atoms with Crippen molar-refractivity contribution < 1.29 is 19.6 Å². The highest BCUT2D eigenvalue weighted by molar-refractivity contribution is 6.06. The van der Waals surface area contributed by atoms with Crippen LogP contribution in [0.3, 0.4) is 0 Å². The third-order valence-corrected chi connectivity index (χ3v) is 3.34. The van der Waals surface area contributed by atoms with Gasteiger partial charge in [-0.3, -0.25) is 19.7 Å². The van der Waals surface area contributed by atoms with Crippen molar-refractivity contribution in [1.29, 1.82) is 0 Å². The first-order valence-electron chi connectivity index (χ1n) is 5.64. The molecule has 1 aromatic rings. The molecule has 7 nitrogen and oxygen atoms in total. The van der Waals surface area contributed by atoms with E-state index in [1.165, 1.54) is 0 Å². The zero-order valence-electron chi connectivity index (χ0n) is 10.4. The molecular formula is C12H12N2O5. The number of carboxylic acid groups (broad SMARTS) is 1. The number of nitro benzene ring substituents is 1. The second-order valence-electron chi connectivity index (χ2n) is 4.53. The molecule has 0 aromatic heterocycles. The third-order valence-electron chi connectivity index (χ3n) is 3.34. The van der Waals surface area contributed by atoms with Gasteiger partial charge in [-0.15, -0.1) is 0 Å². The van der Waals surface area contributed by atoms with Gasteiger partial charge in [0, 0.05) is 5.56 Å². The van der Waals surface area contributed by atoms with Crippen molar-refractivity contribution in [3.63, 3.8) is 0 Å². The van der Waals surface area contributed by atoms with E-state index in [0.717, 1.165) is 0 Å². The van der Waals surface area contributed by atoms with Gasteiger partial charge in [0.25, 0.3) is 5.69 Å². The molecule has 0 radical (unpaired) electrons. The highest BCUT2D eigenvalue weighted by atomic mass is 16.6. The molecule has 100 valence electrons. The summed E-state index contributed by atoms with van der Waals surface area (Å²) in [6, 6.07) is 1.64. The van der Waals surface area contributed by atoms with Crippen LogP contribution in [0.1, 0.15) is 29.0 Å². The summed E-state index contributed by atoms with van der Waals surface area (Å²) >= 11 is 0. The molecule has 1 aliphatic heterocycles. The summed E-state index contributed by atoms with van der Waals surface area (Å²) in [5, 5.41) is 22.5. The number of carbonyl (C=O) groups is 2. The molecule has 0 fully saturated rings. The van der Waals surface area contributed by atoms with Crippen molar-refractivity contribution in [3.8, 4) is 0 Å². The average molecular weight is 264 g/mol. The first-order chi connectivity index (χ1) is 8.82. The summed E-state index contributed by atoms with van der Waals surface area (Å²) in [5.74, 6) is -2.68. The molecule has 7 heteroatoms. The highest BCUT2D eigenvalue weighted by Crippen LogP contribution is 2.43. The molecule has 0 saturated carbocycles. The monoisotopic (exact) mass is 264 g/mol. The molecule has 2 rings (SSSR count). The molecule has 1 atom stereocenters. The van der Waals surface area contributed by atoms with Gasteiger partial charge in [-0.1, -0.05) is 0 Å². The van der Waals surface area contributed by atoms with E-state index in [0.29, 0.717) is 16.8 Å². The zero-order chi connectivity index (χ0) is 14.3. The van der Waals surface area contributed by atoms with Gasteiger partial charge in [-0.2, -0.15) is 0 Å². The van der Waals surface area contributed by atoms with Crippen LogP contribution in [-0.2, 0) is 9.59 Å². The first kappa shape index (κ1) is 13.0. The summed E-state index contributed by atoms with van der Waals surface area (Å²) in [5.41, 5.74) is 1.49. The van der Waals surface area contributed by atoms with Crippen LogP contribution in [0.15, 0.2) is 6.07 Å². The number of rotatable bonds is 3. The van der Waals surface area contributed by atoms with E-state index in [1.54, 1.807) is 19.9 Å². The minimum absolute atomic E-state index is 0.167. The normalized spacial score (nSPS) is 16.9. The lowest BCUT2D eigenvalue weighted by Crippen LogP contribution is -2.16. The maximum Gasteiger partial charge on any atom is 0.304 e. The minimum atomic E-state index is -1.17. The Morgan fingerprint density at radius 1 is 1.53 bits per heavy atom. The van der Waals surface area contributed by atoms with Crippen LogP contribution < -0.4 is 5.32 Å². The van der Waals surface area contributed by atoms with Crippen molar-refractivity contribution in [1.82, 2.24) is 0 Å². The number of hydrogen-bond acceptors (Lipinski definition) is 4. The smallest absolute Gasteiger partial charge is 0.304 e. The van der Waals surface area contributed by atoms with Gasteiger partial charge in [0.2, 0.25) is 5.91 Å². The van der Waals surface area contributed by atoms with Gasteiger partial charge < -0.3 is 10.4 Å². The molecule has 0 aliphatic carbocycles. The average Bonchev–Trinajstić information content (AvgIpc) is 2.56. The number of nitrogens with one attached hydrogen (secondary N) is 1. The molecule has 0 spiro atoms. The number of anilines is 1. The molecule has 1 amide bonds. The summed E-state index contributed by atoms with van der Waals surface area (Å²) in [6.07, 6.45) is -0.456. The van der Waals surface area contributed by atoms with E-state index in [9.17, 15) is 19.7 Å². The maximum atomic E-state index is 11.8. The molecule has 1 aliphatic rings. The fraction of sp³-hybridized carbons (Fsp3) is 0.333. The number of nitro groups is 1. The van der Waals surface area contributed by atoms with Crippen molar-refractivity contribution in [2.24, 2.45) is 0 Å². The number of carboxylic acids is 1. The molecular weight excluding hydrogens is 252 g/mol. The summed E-state index contributed by atoms with van der Waals surface area (Å²) in [4.78, 5) is 33.2. The van der Waals surface area contributed by atoms with Crippen molar-refractivity contribution in [3.05, 3.63) is 32.9 Å². The van der Waals surface area contributed by atoms with Crippen molar-refractivity contribution in [2.75, 3.05) is 5.32 Å². The molecule has 1 unspecified atom stereocenters. The fourth-order valence-corrected chi connectivity index (χ4v) is 2.33. The van der Waals surface area contributed by atoms with E-state index >= 15 is 0 Å². The topological polar surface area (TPSA) is 110 Å². The van der Waals surface area contributed by atoms with Crippen LogP contribution >= 0.6 is 0 Å². The Morgan fingerprint density at radius 2 is 2.16 bits per heavy atom. The van der Waals surface area contributed by atoms with Gasteiger partial charge in [-0.25, -0.2) is 0 Å². The maximum absolute atomic E-state index is 11.8. The lowest BCUT2D eigenvalue weighted by atomic mass is 9.92. The predicted octanol–water partition coefficient (Wildman–Crippen LogP) is 1.72. The fourth-order valence-electron chi connectivity index (χ4n) is 2.33. The number of fused-ring (bicyclic) bond motifs is 1. The molecule has 0 saturated heterocycles. The Balaban J connectivity index is 2.68. The predicted molar refractivity (Wildman–Crippen MR) is 66.2 cm³/mol. The van der Waals surface area contributed by atoms with Gasteiger partial charge in [0.15, 0.2) is 0 Å². The quantitative estimate of drug-likeness (QED) is 0.638. The Morgan fingerprint density at radius 3 is 2.68 bits per heavy atom. The Kier molecular flexibility index (Phi) is 2.97. The van der Waals surface area contributed by atoms with Crippen molar-refractivity contribution in [2.45, 2.75) is 26.2 Å². The van der Waals surface area contributed by atoms with Gasteiger partial charge >= 0.3 is 5.97 Å². The molecule has 0 bridgehead atoms. The van der Waals surface area contributed by atoms with E-state index in [1.807, 2.05) is 0 Å². The van der Waals surface area contributed by atoms with Gasteiger partial charge in [0.05, 0.1) is 28.5 Å². The van der Waals surface area contributed by atoms with Crippen LogP contribution in [0.25, 0.3) is 0 Å². The van der Waals surface area contributed by atoms with E-state index in [-0.39, 0.29) is 11.3 Å². The Bertz CT molecular complexity index is 609. The molecule has 1 heterocycles. The van der Waals surface area contributed by atoms with Crippen LogP contribution in [0.5, 0.6) is 0 Å². The summed E-state index contributed by atoms with van der Waals surface area (Å²) in [7, 11) is 0. The third kappa shape index (κ3) is 2.03. The number of nitrogens with zero attached hydrogens (tertiary/aromatic N) is 1. The SMILES string of the molecule is Cc1cc2c(c([N+](=O)[O-])c1C)C(CC(=O)O)C(=O)N2. The van der Waals surface area contributed by atoms with E-state index in [2.05, 4.69) is 5.32 Å². The van der Waals surface area contributed by atoms with Crippen LogP contribution in [0.2, 0.25) is 0 Å². The second-order valence-corrected chi connectivity index (χ2v) is 4.53. The minimum Gasteiger partial charge on any atom is -0.481 e. The standard InChI is InChI=1S/C12H12N2O5/c1-5-3-8-10(11(6(5)2)14(18)19)7(4-9(15)16)12(17)13-8/h3,7H,4H2,1-2H3,(H,13,17)(H,15,16). The highest BCUT2D eigenvalue weighted by Gasteiger charge is 2.39. The lowest BCUT2D eigenvalue weighted by Gasteiger charge is -2.10. The van der Waals surface area contributed by atoms with Crippen LogP contribution in [0.4, 0.5) is 11.4 Å². The Hall–Kier alpha value is -2.44. The van der Waals surface area contributed by atoms with E-state index in [4.69, 9.17) is 5.11 Å². The molecule has 19 heavy (non-hydrogen) atoms. The largest absolute Gasteiger partial charge is 0.481 e. The number of benzene rings is 1. The Labute approximate surface area is 108 Å². The molecule has 1 aromatic carbocycles. The van der Waals surface area contributed by atoms with Crippen LogP contribution in [-0.4, -0.2) is 21.9 Å².